The molecule has 118 valence electrons. The van der Waals surface area contributed by atoms with Gasteiger partial charge in [0, 0.05) is 38.4 Å². The highest BCUT2D eigenvalue weighted by molar-refractivity contribution is 5.96. The molecular formula is C13H18N6O3. The summed E-state index contributed by atoms with van der Waals surface area (Å²) < 4.78 is 3.06. The van der Waals surface area contributed by atoms with E-state index in [0.29, 0.717) is 13.1 Å². The average Bonchev–Trinajstić information content (AvgIpc) is 3.04. The standard InChI is InChI=1S/C13H18N6O3/c1-5-18-12(11(7-15-18)19(21)22)13(20)16(3)8-10-6-14-17(4)9(10)2/h6-7H,5,8H2,1-4H3. The Bertz CT molecular complexity index is 717. The number of aryl methyl sites for hydroxylation is 2. The van der Waals surface area contributed by atoms with Crippen molar-refractivity contribution in [1.29, 1.82) is 0 Å². The van der Waals surface area contributed by atoms with Crippen molar-refractivity contribution in [2.45, 2.75) is 26.9 Å². The van der Waals surface area contributed by atoms with Crippen molar-refractivity contribution in [3.8, 4) is 0 Å². The predicted octanol–water partition coefficient (Wildman–Crippen LogP) is 1.13. The summed E-state index contributed by atoms with van der Waals surface area (Å²) in [6.07, 6.45) is 2.80. The van der Waals surface area contributed by atoms with Gasteiger partial charge in [-0.15, -0.1) is 0 Å². The van der Waals surface area contributed by atoms with E-state index in [0.717, 1.165) is 17.5 Å². The Balaban J connectivity index is 2.29. The smallest absolute Gasteiger partial charge is 0.320 e. The van der Waals surface area contributed by atoms with Crippen LogP contribution in [0, 0.1) is 17.0 Å². The molecule has 2 aromatic heterocycles. The van der Waals surface area contributed by atoms with Gasteiger partial charge in [0.1, 0.15) is 6.20 Å². The fourth-order valence-corrected chi connectivity index (χ4v) is 2.18. The summed E-state index contributed by atoms with van der Waals surface area (Å²) >= 11 is 0. The highest BCUT2D eigenvalue weighted by Gasteiger charge is 2.29. The second kappa shape index (κ2) is 5.96. The molecular weight excluding hydrogens is 288 g/mol. The van der Waals surface area contributed by atoms with Crippen LogP contribution in [0.15, 0.2) is 12.4 Å². The number of hydrogen-bond donors (Lipinski definition) is 0. The van der Waals surface area contributed by atoms with Crippen LogP contribution in [-0.4, -0.2) is 42.3 Å². The SMILES string of the molecule is CCn1ncc([N+](=O)[O-])c1C(=O)N(C)Cc1cnn(C)c1C. The molecule has 0 atom stereocenters. The van der Waals surface area contributed by atoms with Gasteiger partial charge in [-0.2, -0.15) is 10.2 Å². The lowest BCUT2D eigenvalue weighted by atomic mass is 10.2. The molecule has 9 heteroatoms. The molecule has 2 aromatic rings. The molecule has 0 saturated carbocycles. The largest absolute Gasteiger partial charge is 0.336 e. The van der Waals surface area contributed by atoms with E-state index < -0.39 is 10.8 Å². The van der Waals surface area contributed by atoms with E-state index >= 15 is 0 Å². The van der Waals surface area contributed by atoms with Gasteiger partial charge >= 0.3 is 5.69 Å². The highest BCUT2D eigenvalue weighted by Crippen LogP contribution is 2.20. The Morgan fingerprint density at radius 1 is 1.41 bits per heavy atom. The van der Waals surface area contributed by atoms with Crippen LogP contribution in [0.3, 0.4) is 0 Å². The lowest BCUT2D eigenvalue weighted by Crippen LogP contribution is -2.29. The monoisotopic (exact) mass is 306 g/mol. The first kappa shape index (κ1) is 15.7. The highest BCUT2D eigenvalue weighted by atomic mass is 16.6. The summed E-state index contributed by atoms with van der Waals surface area (Å²) in [5.74, 6) is -0.436. The van der Waals surface area contributed by atoms with E-state index in [9.17, 15) is 14.9 Å². The fourth-order valence-electron chi connectivity index (χ4n) is 2.18. The molecule has 0 spiro atoms. The first-order chi connectivity index (χ1) is 10.4. The maximum absolute atomic E-state index is 12.6. The van der Waals surface area contributed by atoms with Crippen molar-refractivity contribution in [3.63, 3.8) is 0 Å². The fraction of sp³-hybridized carbons (Fsp3) is 0.462. The van der Waals surface area contributed by atoms with Gasteiger partial charge in [-0.05, 0) is 13.8 Å². The van der Waals surface area contributed by atoms with Crippen molar-refractivity contribution >= 4 is 11.6 Å². The summed E-state index contributed by atoms with van der Waals surface area (Å²) in [6.45, 7) is 4.39. The summed E-state index contributed by atoms with van der Waals surface area (Å²) in [6, 6.07) is 0. The van der Waals surface area contributed by atoms with E-state index in [-0.39, 0.29) is 11.4 Å². The Hall–Kier alpha value is -2.71. The molecule has 2 heterocycles. The minimum absolute atomic E-state index is 0.00320. The van der Waals surface area contributed by atoms with Crippen molar-refractivity contribution < 1.29 is 9.72 Å². The third kappa shape index (κ3) is 2.69. The maximum Gasteiger partial charge on any atom is 0.320 e. The van der Waals surface area contributed by atoms with E-state index in [1.54, 1.807) is 24.9 Å². The number of hydrogen-bond acceptors (Lipinski definition) is 5. The lowest BCUT2D eigenvalue weighted by molar-refractivity contribution is -0.385. The van der Waals surface area contributed by atoms with Gasteiger partial charge < -0.3 is 4.90 Å². The van der Waals surface area contributed by atoms with Gasteiger partial charge in [0.05, 0.1) is 11.1 Å². The van der Waals surface area contributed by atoms with Crippen LogP contribution in [0.4, 0.5) is 5.69 Å². The average molecular weight is 306 g/mol. The molecule has 0 aliphatic carbocycles. The Kier molecular flexibility index (Phi) is 4.25. The van der Waals surface area contributed by atoms with E-state index in [1.807, 2.05) is 14.0 Å². The maximum atomic E-state index is 12.6. The number of amides is 1. The van der Waals surface area contributed by atoms with Crippen LogP contribution in [0.1, 0.15) is 28.7 Å². The molecule has 0 N–H and O–H groups in total. The first-order valence-corrected chi connectivity index (χ1v) is 6.79. The van der Waals surface area contributed by atoms with E-state index in [4.69, 9.17) is 0 Å². The Labute approximate surface area is 127 Å². The van der Waals surface area contributed by atoms with Gasteiger partial charge in [-0.3, -0.25) is 24.3 Å². The summed E-state index contributed by atoms with van der Waals surface area (Å²) in [5, 5.41) is 19.1. The predicted molar refractivity (Wildman–Crippen MR) is 78.3 cm³/mol. The molecule has 2 rings (SSSR count). The number of carbonyl (C=O) groups is 1. The van der Waals surface area contributed by atoms with Crippen LogP contribution in [0.5, 0.6) is 0 Å². The molecule has 0 radical (unpaired) electrons. The third-order valence-electron chi connectivity index (χ3n) is 3.61. The number of nitrogens with zero attached hydrogens (tertiary/aromatic N) is 6. The summed E-state index contributed by atoms with van der Waals surface area (Å²) in [7, 11) is 3.42. The molecule has 9 nitrogen and oxygen atoms in total. The molecule has 0 unspecified atom stereocenters. The van der Waals surface area contributed by atoms with Crippen LogP contribution >= 0.6 is 0 Å². The van der Waals surface area contributed by atoms with Crippen molar-refractivity contribution in [2.75, 3.05) is 7.05 Å². The van der Waals surface area contributed by atoms with Crippen molar-refractivity contribution in [3.05, 3.63) is 39.5 Å². The Morgan fingerprint density at radius 2 is 2.09 bits per heavy atom. The van der Waals surface area contributed by atoms with Gasteiger partial charge in [0.2, 0.25) is 5.69 Å². The molecule has 0 aliphatic heterocycles. The van der Waals surface area contributed by atoms with Crippen molar-refractivity contribution in [2.24, 2.45) is 7.05 Å². The molecule has 1 amide bonds. The van der Waals surface area contributed by atoms with Crippen molar-refractivity contribution in [1.82, 2.24) is 24.5 Å². The molecule has 0 fully saturated rings. The number of carbonyl (C=O) groups excluding carboxylic acids is 1. The second-order valence-corrected chi connectivity index (χ2v) is 4.99. The zero-order valence-electron chi connectivity index (χ0n) is 13.0. The molecule has 0 aromatic carbocycles. The Morgan fingerprint density at radius 3 is 2.59 bits per heavy atom. The van der Waals surface area contributed by atoms with Gasteiger partial charge in [-0.1, -0.05) is 0 Å². The first-order valence-electron chi connectivity index (χ1n) is 6.79. The second-order valence-electron chi connectivity index (χ2n) is 4.99. The minimum atomic E-state index is -0.588. The number of nitro groups is 1. The van der Waals surface area contributed by atoms with Crippen LogP contribution < -0.4 is 0 Å². The molecule has 0 bridgehead atoms. The van der Waals surface area contributed by atoms with Crippen LogP contribution in [-0.2, 0) is 20.1 Å². The van der Waals surface area contributed by atoms with Crippen LogP contribution in [0.2, 0.25) is 0 Å². The normalized spacial score (nSPS) is 10.7. The summed E-state index contributed by atoms with van der Waals surface area (Å²) in [5.41, 5.74) is 1.56. The molecule has 0 saturated heterocycles. The molecule has 0 aliphatic rings. The van der Waals surface area contributed by atoms with Gasteiger partial charge in [0.25, 0.3) is 5.91 Å². The topological polar surface area (TPSA) is 99.1 Å². The van der Waals surface area contributed by atoms with Gasteiger partial charge in [0.15, 0.2) is 0 Å². The van der Waals surface area contributed by atoms with Gasteiger partial charge in [-0.25, -0.2) is 0 Å². The number of aromatic nitrogens is 4. The third-order valence-corrected chi connectivity index (χ3v) is 3.61. The van der Waals surface area contributed by atoms with Crippen LogP contribution in [0.25, 0.3) is 0 Å². The minimum Gasteiger partial charge on any atom is -0.336 e. The zero-order valence-corrected chi connectivity index (χ0v) is 13.0. The lowest BCUT2D eigenvalue weighted by Gasteiger charge is -2.17. The quantitative estimate of drug-likeness (QED) is 0.609. The molecule has 22 heavy (non-hydrogen) atoms. The zero-order chi connectivity index (χ0) is 16.4. The summed E-state index contributed by atoms with van der Waals surface area (Å²) in [4.78, 5) is 24.5. The van der Waals surface area contributed by atoms with E-state index in [2.05, 4.69) is 10.2 Å². The van der Waals surface area contributed by atoms with E-state index in [1.165, 1.54) is 9.58 Å². The number of rotatable bonds is 5.